The molecule has 1 amide bonds. The van der Waals surface area contributed by atoms with Gasteiger partial charge in [0.1, 0.15) is 0 Å². The summed E-state index contributed by atoms with van der Waals surface area (Å²) >= 11 is 0. The van der Waals surface area contributed by atoms with Crippen LogP contribution in [0, 0.1) is 11.8 Å². The topological polar surface area (TPSA) is 55.6 Å². The number of carbonyl (C=O) groups is 1. The van der Waals surface area contributed by atoms with Crippen LogP contribution < -0.4 is 5.73 Å². The van der Waals surface area contributed by atoms with Crippen LogP contribution >= 0.6 is 0 Å². The zero-order chi connectivity index (χ0) is 11.4. The lowest BCUT2D eigenvalue weighted by Crippen LogP contribution is -2.50. The van der Waals surface area contributed by atoms with Gasteiger partial charge < -0.3 is 15.4 Å². The Morgan fingerprint density at radius 3 is 2.73 bits per heavy atom. The number of nitrogens with two attached hydrogens (primary N) is 1. The van der Waals surface area contributed by atoms with Crippen molar-refractivity contribution >= 4 is 6.09 Å². The van der Waals surface area contributed by atoms with Gasteiger partial charge in [-0.25, -0.2) is 4.79 Å². The molecule has 2 atom stereocenters. The van der Waals surface area contributed by atoms with Gasteiger partial charge in [0.05, 0.1) is 6.61 Å². The summed E-state index contributed by atoms with van der Waals surface area (Å²) in [7, 11) is 0. The maximum Gasteiger partial charge on any atom is 0.409 e. The first-order chi connectivity index (χ1) is 7.04. The summed E-state index contributed by atoms with van der Waals surface area (Å²) in [6.45, 7) is 8.00. The Hall–Kier alpha value is -0.770. The number of rotatable bonds is 2. The van der Waals surface area contributed by atoms with Crippen LogP contribution in [0.15, 0.2) is 0 Å². The van der Waals surface area contributed by atoms with E-state index in [0.29, 0.717) is 25.0 Å². The summed E-state index contributed by atoms with van der Waals surface area (Å²) in [6, 6.07) is 0.0931. The largest absolute Gasteiger partial charge is 0.450 e. The highest BCUT2D eigenvalue weighted by Crippen LogP contribution is 2.23. The van der Waals surface area contributed by atoms with Crippen molar-refractivity contribution in [3.8, 4) is 0 Å². The second-order valence-electron chi connectivity index (χ2n) is 4.60. The molecule has 1 rings (SSSR count). The quantitative estimate of drug-likeness (QED) is 0.757. The fraction of sp³-hybridized carbons (Fsp3) is 0.909. The van der Waals surface area contributed by atoms with Crippen molar-refractivity contribution < 1.29 is 9.53 Å². The third-order valence-corrected chi connectivity index (χ3v) is 2.98. The van der Waals surface area contributed by atoms with Crippen LogP contribution in [-0.2, 0) is 4.74 Å². The molecule has 0 aliphatic carbocycles. The molecule has 1 aliphatic rings. The van der Waals surface area contributed by atoms with Crippen molar-refractivity contribution in [2.24, 2.45) is 17.6 Å². The molecule has 0 aromatic heterocycles. The molecule has 0 aromatic rings. The normalized spacial score (nSPS) is 26.9. The maximum absolute atomic E-state index is 11.6. The Labute approximate surface area is 91.8 Å². The van der Waals surface area contributed by atoms with Crippen LogP contribution in [0.25, 0.3) is 0 Å². The minimum atomic E-state index is -0.224. The molecule has 1 fully saturated rings. The highest BCUT2D eigenvalue weighted by molar-refractivity contribution is 5.67. The number of amides is 1. The number of nitrogens with zero attached hydrogens (tertiary/aromatic N) is 1. The van der Waals surface area contributed by atoms with Gasteiger partial charge in [-0.3, -0.25) is 0 Å². The SMILES string of the molecule is CCOC(=O)N1CC(N)CC(C(C)C)C1. The molecule has 88 valence electrons. The highest BCUT2D eigenvalue weighted by Gasteiger charge is 2.30. The van der Waals surface area contributed by atoms with Crippen LogP contribution in [0.5, 0.6) is 0 Å². The van der Waals surface area contributed by atoms with Crippen molar-refractivity contribution in [1.29, 1.82) is 0 Å². The number of carbonyl (C=O) groups excluding carboxylic acids is 1. The number of likely N-dealkylation sites (tertiary alicyclic amines) is 1. The van der Waals surface area contributed by atoms with Gasteiger partial charge in [-0.15, -0.1) is 0 Å². The molecule has 4 nitrogen and oxygen atoms in total. The predicted molar refractivity (Wildman–Crippen MR) is 59.5 cm³/mol. The lowest BCUT2D eigenvalue weighted by atomic mass is 9.86. The third-order valence-electron chi connectivity index (χ3n) is 2.98. The molecule has 0 saturated carbocycles. The summed E-state index contributed by atoms with van der Waals surface area (Å²) in [5.74, 6) is 1.06. The van der Waals surface area contributed by atoms with Gasteiger partial charge in [0.25, 0.3) is 0 Å². The van der Waals surface area contributed by atoms with Gasteiger partial charge in [-0.2, -0.15) is 0 Å². The summed E-state index contributed by atoms with van der Waals surface area (Å²) < 4.78 is 4.99. The van der Waals surface area contributed by atoms with E-state index >= 15 is 0 Å². The van der Waals surface area contributed by atoms with Gasteiger partial charge in [0.15, 0.2) is 0 Å². The van der Waals surface area contributed by atoms with E-state index in [1.807, 2.05) is 6.92 Å². The highest BCUT2D eigenvalue weighted by atomic mass is 16.6. The number of ether oxygens (including phenoxy) is 1. The van der Waals surface area contributed by atoms with Crippen molar-refractivity contribution in [1.82, 2.24) is 4.90 Å². The van der Waals surface area contributed by atoms with Crippen molar-refractivity contribution in [3.05, 3.63) is 0 Å². The summed E-state index contributed by atoms with van der Waals surface area (Å²) in [4.78, 5) is 13.3. The van der Waals surface area contributed by atoms with Gasteiger partial charge in [0.2, 0.25) is 0 Å². The first-order valence-electron chi connectivity index (χ1n) is 5.71. The van der Waals surface area contributed by atoms with Crippen molar-refractivity contribution in [2.75, 3.05) is 19.7 Å². The average Bonchev–Trinajstić information content (AvgIpc) is 2.17. The second kappa shape index (κ2) is 5.35. The number of hydrogen-bond acceptors (Lipinski definition) is 3. The van der Waals surface area contributed by atoms with Gasteiger partial charge in [0, 0.05) is 19.1 Å². The molecule has 2 N–H and O–H groups in total. The minimum absolute atomic E-state index is 0.0931. The Morgan fingerprint density at radius 1 is 1.53 bits per heavy atom. The van der Waals surface area contributed by atoms with E-state index in [1.54, 1.807) is 4.90 Å². The van der Waals surface area contributed by atoms with Crippen LogP contribution in [0.2, 0.25) is 0 Å². The smallest absolute Gasteiger partial charge is 0.409 e. The van der Waals surface area contributed by atoms with Crippen LogP contribution in [0.1, 0.15) is 27.2 Å². The zero-order valence-electron chi connectivity index (χ0n) is 9.90. The molecule has 4 heteroatoms. The van der Waals surface area contributed by atoms with E-state index in [0.717, 1.165) is 13.0 Å². The molecule has 1 saturated heterocycles. The van der Waals surface area contributed by atoms with Gasteiger partial charge in [-0.1, -0.05) is 13.8 Å². The summed E-state index contributed by atoms with van der Waals surface area (Å²) in [5.41, 5.74) is 5.94. The fourth-order valence-electron chi connectivity index (χ4n) is 2.03. The molecule has 15 heavy (non-hydrogen) atoms. The van der Waals surface area contributed by atoms with E-state index in [9.17, 15) is 4.79 Å². The lowest BCUT2D eigenvalue weighted by molar-refractivity contribution is 0.0755. The Kier molecular flexibility index (Phi) is 4.39. The van der Waals surface area contributed by atoms with E-state index in [1.165, 1.54) is 0 Å². The summed E-state index contributed by atoms with van der Waals surface area (Å²) in [6.07, 6.45) is 0.784. The fourth-order valence-corrected chi connectivity index (χ4v) is 2.03. The second-order valence-corrected chi connectivity index (χ2v) is 4.60. The molecule has 0 bridgehead atoms. The Morgan fingerprint density at radius 2 is 2.20 bits per heavy atom. The van der Waals surface area contributed by atoms with E-state index in [4.69, 9.17) is 10.5 Å². The monoisotopic (exact) mass is 214 g/mol. The minimum Gasteiger partial charge on any atom is -0.450 e. The first-order valence-corrected chi connectivity index (χ1v) is 5.71. The Bertz CT molecular complexity index is 219. The van der Waals surface area contributed by atoms with Gasteiger partial charge >= 0.3 is 6.09 Å². The molecular weight excluding hydrogens is 192 g/mol. The molecule has 1 aliphatic heterocycles. The average molecular weight is 214 g/mol. The molecule has 0 radical (unpaired) electrons. The number of piperidine rings is 1. The standard InChI is InChI=1S/C11H22N2O2/c1-4-15-11(14)13-6-9(8(2)3)5-10(12)7-13/h8-10H,4-7,12H2,1-3H3. The zero-order valence-corrected chi connectivity index (χ0v) is 9.90. The molecule has 1 heterocycles. The van der Waals surface area contributed by atoms with E-state index in [2.05, 4.69) is 13.8 Å². The van der Waals surface area contributed by atoms with E-state index < -0.39 is 0 Å². The van der Waals surface area contributed by atoms with Crippen LogP contribution in [0.3, 0.4) is 0 Å². The molecule has 0 aromatic carbocycles. The van der Waals surface area contributed by atoms with Crippen LogP contribution in [-0.4, -0.2) is 36.7 Å². The molecular formula is C11H22N2O2. The molecule has 2 unspecified atom stereocenters. The number of hydrogen-bond donors (Lipinski definition) is 1. The molecule has 0 spiro atoms. The predicted octanol–water partition coefficient (Wildman–Crippen LogP) is 1.45. The third kappa shape index (κ3) is 3.38. The van der Waals surface area contributed by atoms with Crippen molar-refractivity contribution in [3.63, 3.8) is 0 Å². The summed E-state index contributed by atoms with van der Waals surface area (Å²) in [5, 5.41) is 0. The van der Waals surface area contributed by atoms with Crippen LogP contribution in [0.4, 0.5) is 4.79 Å². The van der Waals surface area contributed by atoms with Crippen molar-refractivity contribution in [2.45, 2.75) is 33.2 Å². The maximum atomic E-state index is 11.6. The van der Waals surface area contributed by atoms with E-state index in [-0.39, 0.29) is 12.1 Å². The lowest BCUT2D eigenvalue weighted by Gasteiger charge is -2.37. The Balaban J connectivity index is 2.55. The van der Waals surface area contributed by atoms with Gasteiger partial charge in [-0.05, 0) is 25.2 Å². The first kappa shape index (κ1) is 12.3.